The van der Waals surface area contributed by atoms with Crippen molar-refractivity contribution in [2.24, 2.45) is 10.9 Å². The van der Waals surface area contributed by atoms with Gasteiger partial charge in [-0.2, -0.15) is 0 Å². The maximum absolute atomic E-state index is 13.4. The Bertz CT molecular complexity index is 1420. The van der Waals surface area contributed by atoms with Crippen molar-refractivity contribution in [3.05, 3.63) is 63.2 Å². The first-order valence-electron chi connectivity index (χ1n) is 11.2. The van der Waals surface area contributed by atoms with Crippen LogP contribution in [0.1, 0.15) is 27.9 Å². The lowest BCUT2D eigenvalue weighted by atomic mass is 10.0. The molecular weight excluding hydrogens is 554 g/mol. The number of aromatic nitrogens is 1. The number of ether oxygens (including phenoxy) is 3. The molecule has 4 heterocycles. The molecule has 3 aliphatic heterocycles. The predicted molar refractivity (Wildman–Crippen MR) is 134 cm³/mol. The predicted octanol–water partition coefficient (Wildman–Crippen LogP) is 0.655. The Morgan fingerprint density at radius 2 is 2.08 bits per heavy atom. The summed E-state index contributed by atoms with van der Waals surface area (Å²) < 4.78 is 15.5. The van der Waals surface area contributed by atoms with Crippen molar-refractivity contribution in [2.75, 3.05) is 19.5 Å². The van der Waals surface area contributed by atoms with Gasteiger partial charge < -0.3 is 30.1 Å². The van der Waals surface area contributed by atoms with Gasteiger partial charge in [-0.1, -0.05) is 23.4 Å². The van der Waals surface area contributed by atoms with E-state index in [1.54, 1.807) is 23.6 Å². The number of nitrogens with zero attached hydrogens (tertiary/aromatic N) is 3. The Hall–Kier alpha value is -4.44. The number of β-lactam (4-membered cyclic amide) rings is 1. The van der Waals surface area contributed by atoms with Gasteiger partial charge in [-0.3, -0.25) is 14.5 Å². The number of carbonyl (C=O) groups excluding carboxylic acids is 5. The Morgan fingerprint density at radius 1 is 1.28 bits per heavy atom. The van der Waals surface area contributed by atoms with E-state index in [2.05, 4.69) is 15.5 Å². The SMILES string of the molecule is CO/N=C(\C(=O)NC1C(=O)N2C(C(=O)OC3OC(=O)c4ccccc43)=C(COC(N)=O)CS[C@H]12)c1cscn1. The third-order valence-corrected chi connectivity index (χ3v) is 7.78. The molecule has 3 amide bonds. The van der Waals surface area contributed by atoms with E-state index in [9.17, 15) is 24.0 Å². The topological polar surface area (TPSA) is 189 Å². The van der Waals surface area contributed by atoms with E-state index in [0.29, 0.717) is 5.56 Å². The van der Waals surface area contributed by atoms with Gasteiger partial charge in [-0.05, 0) is 6.07 Å². The minimum Gasteiger partial charge on any atom is -0.445 e. The standard InChI is InChI=1S/C23H19N5O9S2/c1-34-27-14(13-8-38-9-25-13)17(29)26-15-18(30)28-16(10(6-35-23(24)33)7-39-19(15)28)21(32)37-22-12-5-3-2-4-11(12)20(31)36-22/h2-5,8-9,15,19,22H,6-7H2,1H3,(H2,24,33)(H,26,29)/b27-14-/t15?,19-,22?/m1/s1. The first-order chi connectivity index (χ1) is 18.8. The Kier molecular flexibility index (Phi) is 7.21. The zero-order valence-corrected chi connectivity index (χ0v) is 21.7. The van der Waals surface area contributed by atoms with Crippen LogP contribution in [-0.4, -0.2) is 76.3 Å². The lowest BCUT2D eigenvalue weighted by Crippen LogP contribution is -2.71. The number of nitrogens with two attached hydrogens (primary N) is 1. The molecule has 1 aromatic carbocycles. The Labute approximate surface area is 228 Å². The molecule has 3 N–H and O–H groups in total. The van der Waals surface area contributed by atoms with Gasteiger partial charge in [0.05, 0.1) is 11.1 Å². The van der Waals surface area contributed by atoms with Gasteiger partial charge in [0.15, 0.2) is 5.71 Å². The fourth-order valence-corrected chi connectivity index (χ4v) is 5.99. The van der Waals surface area contributed by atoms with Crippen LogP contribution in [0.5, 0.6) is 0 Å². The molecule has 3 atom stereocenters. The van der Waals surface area contributed by atoms with Gasteiger partial charge in [0, 0.05) is 22.3 Å². The summed E-state index contributed by atoms with van der Waals surface area (Å²) in [5.74, 6) is -2.83. The summed E-state index contributed by atoms with van der Waals surface area (Å²) in [5.41, 5.74) is 7.39. The molecule has 3 aliphatic rings. The lowest BCUT2D eigenvalue weighted by molar-refractivity contribution is -0.168. The van der Waals surface area contributed by atoms with E-state index in [-0.39, 0.29) is 40.6 Å². The summed E-state index contributed by atoms with van der Waals surface area (Å²) in [6, 6.07) is 5.38. The quantitative estimate of drug-likeness (QED) is 0.195. The number of nitrogens with one attached hydrogen (secondary N) is 1. The fourth-order valence-electron chi connectivity index (χ4n) is 4.13. The molecule has 0 bridgehead atoms. The molecule has 14 nitrogen and oxygen atoms in total. The lowest BCUT2D eigenvalue weighted by Gasteiger charge is -2.49. The second-order valence-electron chi connectivity index (χ2n) is 8.15. The average Bonchev–Trinajstić information content (AvgIpc) is 3.57. The van der Waals surface area contributed by atoms with Crippen molar-refractivity contribution < 1.29 is 43.0 Å². The number of primary amides is 1. The highest BCUT2D eigenvalue weighted by atomic mass is 32.2. The van der Waals surface area contributed by atoms with Crippen molar-refractivity contribution in [1.82, 2.24) is 15.2 Å². The highest BCUT2D eigenvalue weighted by Crippen LogP contribution is 2.42. The highest BCUT2D eigenvalue weighted by Gasteiger charge is 2.55. The van der Waals surface area contributed by atoms with Crippen LogP contribution in [-0.2, 0) is 33.4 Å². The number of thioether (sulfide) groups is 1. The molecule has 0 radical (unpaired) electrons. The number of thiazole rings is 1. The van der Waals surface area contributed by atoms with E-state index < -0.39 is 47.6 Å². The molecule has 0 aliphatic carbocycles. The maximum Gasteiger partial charge on any atom is 0.404 e. The summed E-state index contributed by atoms with van der Waals surface area (Å²) in [5, 5.41) is 7.22. The van der Waals surface area contributed by atoms with Crippen LogP contribution in [0.4, 0.5) is 4.79 Å². The van der Waals surface area contributed by atoms with Crippen molar-refractivity contribution in [1.29, 1.82) is 0 Å². The average molecular weight is 574 g/mol. The van der Waals surface area contributed by atoms with Crippen LogP contribution in [0.25, 0.3) is 0 Å². The summed E-state index contributed by atoms with van der Waals surface area (Å²) in [6.45, 7) is -0.379. The van der Waals surface area contributed by atoms with Gasteiger partial charge in [0.2, 0.25) is 0 Å². The molecule has 0 saturated carbocycles. The van der Waals surface area contributed by atoms with Crippen LogP contribution in [0.2, 0.25) is 0 Å². The maximum atomic E-state index is 13.4. The Balaban J connectivity index is 1.37. The number of fused-ring (bicyclic) bond motifs is 2. The smallest absolute Gasteiger partial charge is 0.404 e. The van der Waals surface area contributed by atoms with Crippen molar-refractivity contribution >= 4 is 58.7 Å². The number of cyclic esters (lactones) is 1. The number of hydrogen-bond donors (Lipinski definition) is 2. The van der Waals surface area contributed by atoms with Gasteiger partial charge in [-0.25, -0.2) is 19.4 Å². The molecule has 2 unspecified atom stereocenters. The molecule has 5 rings (SSSR count). The number of esters is 2. The number of hydrogen-bond acceptors (Lipinski definition) is 13. The van der Waals surface area contributed by atoms with Crippen molar-refractivity contribution in [3.8, 4) is 0 Å². The molecule has 1 aromatic heterocycles. The molecule has 0 spiro atoms. The van der Waals surface area contributed by atoms with Crippen LogP contribution < -0.4 is 11.1 Å². The van der Waals surface area contributed by atoms with Crippen LogP contribution in [0, 0.1) is 0 Å². The second kappa shape index (κ2) is 10.7. The van der Waals surface area contributed by atoms with E-state index in [1.165, 1.54) is 41.8 Å². The zero-order valence-electron chi connectivity index (χ0n) is 20.0. The number of benzene rings is 1. The zero-order chi connectivity index (χ0) is 27.7. The van der Waals surface area contributed by atoms with Crippen molar-refractivity contribution in [3.63, 3.8) is 0 Å². The number of amides is 3. The molecule has 39 heavy (non-hydrogen) atoms. The third kappa shape index (κ3) is 4.90. The molecular formula is C23H19N5O9S2. The number of oxime groups is 1. The van der Waals surface area contributed by atoms with Gasteiger partial charge in [-0.15, -0.1) is 23.1 Å². The van der Waals surface area contributed by atoms with E-state index in [1.807, 2.05) is 0 Å². The normalized spacial score (nSPS) is 21.8. The summed E-state index contributed by atoms with van der Waals surface area (Å²) in [6.07, 6.45) is -2.41. The summed E-state index contributed by atoms with van der Waals surface area (Å²) in [4.78, 5) is 72.9. The highest BCUT2D eigenvalue weighted by molar-refractivity contribution is 8.00. The molecule has 202 valence electrons. The van der Waals surface area contributed by atoms with E-state index >= 15 is 0 Å². The first-order valence-corrected chi connectivity index (χ1v) is 13.2. The van der Waals surface area contributed by atoms with Gasteiger partial charge in [0.1, 0.15) is 36.5 Å². The summed E-state index contributed by atoms with van der Waals surface area (Å²) >= 11 is 2.47. The number of carbonyl (C=O) groups is 5. The minimum absolute atomic E-state index is 0.127. The van der Waals surface area contributed by atoms with Gasteiger partial charge >= 0.3 is 18.0 Å². The van der Waals surface area contributed by atoms with Gasteiger partial charge in [0.25, 0.3) is 18.1 Å². The van der Waals surface area contributed by atoms with E-state index in [0.717, 1.165) is 4.90 Å². The summed E-state index contributed by atoms with van der Waals surface area (Å²) in [7, 11) is 1.27. The number of rotatable bonds is 8. The van der Waals surface area contributed by atoms with Crippen LogP contribution in [0.3, 0.4) is 0 Å². The van der Waals surface area contributed by atoms with E-state index in [4.69, 9.17) is 24.8 Å². The molecule has 16 heteroatoms. The third-order valence-electron chi connectivity index (χ3n) is 5.85. The Morgan fingerprint density at radius 3 is 2.79 bits per heavy atom. The molecule has 1 saturated heterocycles. The van der Waals surface area contributed by atoms with Crippen molar-refractivity contribution in [2.45, 2.75) is 17.7 Å². The van der Waals surface area contributed by atoms with Crippen LogP contribution >= 0.6 is 23.1 Å². The first kappa shape index (κ1) is 26.2. The van der Waals surface area contributed by atoms with Crippen LogP contribution in [0.15, 0.2) is 51.6 Å². The molecule has 1 fully saturated rings. The minimum atomic E-state index is -1.34. The molecule has 2 aromatic rings. The fraction of sp³-hybridized carbons (Fsp3) is 0.261. The second-order valence-corrected chi connectivity index (χ2v) is 9.97. The largest absolute Gasteiger partial charge is 0.445 e. The monoisotopic (exact) mass is 573 g/mol.